The van der Waals surface area contributed by atoms with Gasteiger partial charge in [-0.05, 0) is 37.5 Å². The summed E-state index contributed by atoms with van der Waals surface area (Å²) in [4.78, 5) is 0. The van der Waals surface area contributed by atoms with E-state index in [-0.39, 0.29) is 0 Å². The van der Waals surface area contributed by atoms with Gasteiger partial charge in [0.1, 0.15) is 0 Å². The summed E-state index contributed by atoms with van der Waals surface area (Å²) in [6.07, 6.45) is 5.62. The summed E-state index contributed by atoms with van der Waals surface area (Å²) >= 11 is 3.62. The first-order chi connectivity index (χ1) is 6.24. The Kier molecular flexibility index (Phi) is 2.99. The van der Waals surface area contributed by atoms with E-state index in [0.29, 0.717) is 5.41 Å². The first-order valence-corrected chi connectivity index (χ1v) is 6.50. The van der Waals surface area contributed by atoms with Crippen molar-refractivity contribution in [2.45, 2.75) is 32.6 Å². The van der Waals surface area contributed by atoms with E-state index in [1.54, 1.807) is 0 Å². The van der Waals surface area contributed by atoms with E-state index in [1.165, 1.54) is 25.7 Å². The lowest BCUT2D eigenvalue weighted by atomic mass is 9.88. The van der Waals surface area contributed by atoms with E-state index in [4.69, 9.17) is 4.74 Å². The highest BCUT2D eigenvalue weighted by atomic mass is 79.9. The van der Waals surface area contributed by atoms with Gasteiger partial charge in [-0.25, -0.2) is 0 Å². The molecule has 0 spiro atoms. The molecular weight excluding hydrogens is 228 g/mol. The summed E-state index contributed by atoms with van der Waals surface area (Å²) in [5.74, 6) is 1.82. The second-order valence-corrected chi connectivity index (χ2v) is 5.58. The van der Waals surface area contributed by atoms with Gasteiger partial charge in [-0.2, -0.15) is 0 Å². The lowest BCUT2D eigenvalue weighted by molar-refractivity contribution is 0.0479. The Balaban J connectivity index is 1.68. The Morgan fingerprint density at radius 3 is 2.46 bits per heavy atom. The van der Waals surface area contributed by atoms with Gasteiger partial charge in [0.2, 0.25) is 0 Å². The van der Waals surface area contributed by atoms with Crippen LogP contribution < -0.4 is 0 Å². The highest BCUT2D eigenvalue weighted by molar-refractivity contribution is 9.09. The number of rotatable bonds is 6. The zero-order valence-corrected chi connectivity index (χ0v) is 9.98. The maximum absolute atomic E-state index is 5.78. The van der Waals surface area contributed by atoms with Crippen molar-refractivity contribution >= 4 is 15.9 Å². The van der Waals surface area contributed by atoms with Crippen LogP contribution in [0.5, 0.6) is 0 Å². The van der Waals surface area contributed by atoms with Gasteiger partial charge in [0.15, 0.2) is 0 Å². The molecule has 0 N–H and O–H groups in total. The monoisotopic (exact) mass is 246 g/mol. The second kappa shape index (κ2) is 3.90. The molecule has 2 aliphatic carbocycles. The minimum absolute atomic E-state index is 0.412. The minimum atomic E-state index is 0.412. The van der Waals surface area contributed by atoms with Crippen molar-refractivity contribution in [2.24, 2.45) is 17.3 Å². The van der Waals surface area contributed by atoms with E-state index >= 15 is 0 Å². The molecule has 0 heterocycles. The van der Waals surface area contributed by atoms with E-state index in [0.717, 1.165) is 30.4 Å². The summed E-state index contributed by atoms with van der Waals surface area (Å²) in [5, 5.41) is 1.09. The molecule has 76 valence electrons. The fraction of sp³-hybridized carbons (Fsp3) is 1.00. The predicted molar refractivity (Wildman–Crippen MR) is 58.2 cm³/mol. The molecule has 0 bridgehead atoms. The maximum atomic E-state index is 5.78. The molecule has 2 saturated carbocycles. The van der Waals surface area contributed by atoms with E-state index in [2.05, 4.69) is 22.9 Å². The van der Waals surface area contributed by atoms with Crippen LogP contribution in [0.4, 0.5) is 0 Å². The normalized spacial score (nSPS) is 27.2. The number of hydrogen-bond acceptors (Lipinski definition) is 1. The average molecular weight is 247 g/mol. The van der Waals surface area contributed by atoms with Crippen molar-refractivity contribution in [3.05, 3.63) is 0 Å². The molecule has 1 atom stereocenters. The van der Waals surface area contributed by atoms with Gasteiger partial charge >= 0.3 is 0 Å². The second-order valence-electron chi connectivity index (χ2n) is 5.02. The van der Waals surface area contributed by atoms with Crippen LogP contribution in [0.3, 0.4) is 0 Å². The molecule has 0 saturated heterocycles. The third-order valence-electron chi connectivity index (χ3n) is 3.35. The standard InChI is InChI=1S/C11H19BrO/c1-11(7-12,10-4-5-10)8-13-6-9-2-3-9/h9-10H,2-8H2,1H3. The predicted octanol–water partition coefficient (Wildman–Crippen LogP) is 3.22. The zero-order valence-electron chi connectivity index (χ0n) is 8.39. The third-order valence-corrected chi connectivity index (χ3v) is 4.63. The highest BCUT2D eigenvalue weighted by Gasteiger charge is 2.41. The van der Waals surface area contributed by atoms with Crippen LogP contribution in [-0.2, 0) is 4.74 Å². The van der Waals surface area contributed by atoms with Crippen molar-refractivity contribution in [3.63, 3.8) is 0 Å². The highest BCUT2D eigenvalue weighted by Crippen LogP contribution is 2.46. The molecule has 0 amide bonds. The van der Waals surface area contributed by atoms with Crippen LogP contribution in [0.15, 0.2) is 0 Å². The van der Waals surface area contributed by atoms with Gasteiger partial charge < -0.3 is 4.74 Å². The topological polar surface area (TPSA) is 9.23 Å². The molecule has 2 heteroatoms. The summed E-state index contributed by atoms with van der Waals surface area (Å²) in [6, 6.07) is 0. The molecule has 13 heavy (non-hydrogen) atoms. The molecule has 0 radical (unpaired) electrons. The Morgan fingerprint density at radius 1 is 1.31 bits per heavy atom. The Morgan fingerprint density at radius 2 is 2.00 bits per heavy atom. The fourth-order valence-corrected chi connectivity index (χ4v) is 2.41. The van der Waals surface area contributed by atoms with Crippen molar-refractivity contribution in [1.82, 2.24) is 0 Å². The summed E-state index contributed by atoms with van der Waals surface area (Å²) < 4.78 is 5.78. The van der Waals surface area contributed by atoms with Crippen LogP contribution in [0.25, 0.3) is 0 Å². The molecule has 0 aromatic heterocycles. The third kappa shape index (κ3) is 2.69. The molecule has 0 aromatic carbocycles. The molecular formula is C11H19BrO. The van der Waals surface area contributed by atoms with Gasteiger partial charge in [0.25, 0.3) is 0 Å². The van der Waals surface area contributed by atoms with Crippen molar-refractivity contribution in [1.29, 1.82) is 0 Å². The van der Waals surface area contributed by atoms with Gasteiger partial charge in [0.05, 0.1) is 6.61 Å². The first kappa shape index (κ1) is 9.97. The number of halogens is 1. The van der Waals surface area contributed by atoms with Crippen molar-refractivity contribution in [2.75, 3.05) is 18.5 Å². The van der Waals surface area contributed by atoms with Crippen LogP contribution in [-0.4, -0.2) is 18.5 Å². The van der Waals surface area contributed by atoms with E-state index < -0.39 is 0 Å². The van der Waals surface area contributed by atoms with Crippen LogP contribution in [0, 0.1) is 17.3 Å². The molecule has 1 unspecified atom stereocenters. The van der Waals surface area contributed by atoms with Gasteiger partial charge in [-0.1, -0.05) is 22.9 Å². The molecule has 1 nitrogen and oxygen atoms in total. The molecule has 2 aliphatic rings. The molecule has 2 fully saturated rings. The van der Waals surface area contributed by atoms with Crippen LogP contribution >= 0.6 is 15.9 Å². The van der Waals surface area contributed by atoms with Gasteiger partial charge in [0, 0.05) is 17.4 Å². The minimum Gasteiger partial charge on any atom is -0.381 e. The lowest BCUT2D eigenvalue weighted by Crippen LogP contribution is -2.28. The Hall–Kier alpha value is 0.440. The van der Waals surface area contributed by atoms with Crippen molar-refractivity contribution < 1.29 is 4.74 Å². The van der Waals surface area contributed by atoms with Gasteiger partial charge in [-0.3, -0.25) is 0 Å². The first-order valence-electron chi connectivity index (χ1n) is 5.38. The number of alkyl halides is 1. The van der Waals surface area contributed by atoms with Gasteiger partial charge in [-0.15, -0.1) is 0 Å². The summed E-state index contributed by atoms with van der Waals surface area (Å²) in [7, 11) is 0. The summed E-state index contributed by atoms with van der Waals surface area (Å²) in [6.45, 7) is 4.32. The van der Waals surface area contributed by atoms with Crippen LogP contribution in [0.1, 0.15) is 32.6 Å². The van der Waals surface area contributed by atoms with Crippen molar-refractivity contribution in [3.8, 4) is 0 Å². The molecule has 2 rings (SSSR count). The van der Waals surface area contributed by atoms with E-state index in [9.17, 15) is 0 Å². The SMILES string of the molecule is CC(CBr)(COCC1CC1)C1CC1. The number of hydrogen-bond donors (Lipinski definition) is 0. The zero-order chi connectivity index (χ0) is 9.31. The quantitative estimate of drug-likeness (QED) is 0.655. The lowest BCUT2D eigenvalue weighted by Gasteiger charge is -2.26. The smallest absolute Gasteiger partial charge is 0.0530 e. The largest absolute Gasteiger partial charge is 0.381 e. The Bertz CT molecular complexity index is 175. The Labute approximate surface area is 89.4 Å². The summed E-state index contributed by atoms with van der Waals surface area (Å²) in [5.41, 5.74) is 0.412. The molecule has 0 aliphatic heterocycles. The molecule has 0 aromatic rings. The van der Waals surface area contributed by atoms with Crippen LogP contribution in [0.2, 0.25) is 0 Å². The fourth-order valence-electron chi connectivity index (χ4n) is 1.79. The average Bonchev–Trinajstić information content (AvgIpc) is 2.96. The number of ether oxygens (including phenoxy) is 1. The maximum Gasteiger partial charge on any atom is 0.0530 e. The van der Waals surface area contributed by atoms with E-state index in [1.807, 2.05) is 0 Å².